The standard InChI is InChI=1S/C27H29N3O2/c1-26(19-7-5-4-6-8-19)11-15-30-16-12-27(2,20-9-13-28-14-10-20)23-18-21(29-25(31)32-3)17-22(26)24(23)30/h4-10,13-14,17-18H,11-12,15-16H2,1-3H3,(H,29,31). The van der Waals surface area contributed by atoms with Crippen LogP contribution in [0.4, 0.5) is 16.2 Å². The summed E-state index contributed by atoms with van der Waals surface area (Å²) in [6.07, 6.45) is 5.31. The van der Waals surface area contributed by atoms with E-state index < -0.39 is 6.09 Å². The Labute approximate surface area is 189 Å². The highest BCUT2D eigenvalue weighted by Crippen LogP contribution is 2.53. The fourth-order valence-electron chi connectivity index (χ4n) is 5.50. The lowest BCUT2D eigenvalue weighted by Crippen LogP contribution is -2.47. The van der Waals surface area contributed by atoms with Gasteiger partial charge in [-0.05, 0) is 59.4 Å². The third-order valence-corrected chi connectivity index (χ3v) is 7.54. The Balaban J connectivity index is 1.77. The van der Waals surface area contributed by atoms with E-state index in [1.54, 1.807) is 0 Å². The Kier molecular flexibility index (Phi) is 4.92. The molecule has 0 radical (unpaired) electrons. The van der Waals surface area contributed by atoms with E-state index in [0.717, 1.165) is 31.6 Å². The lowest BCUT2D eigenvalue weighted by Gasteiger charge is -2.50. The second-order valence-electron chi connectivity index (χ2n) is 9.29. The van der Waals surface area contributed by atoms with Crippen LogP contribution in [0, 0.1) is 0 Å². The Morgan fingerprint density at radius 2 is 1.50 bits per heavy atom. The summed E-state index contributed by atoms with van der Waals surface area (Å²) >= 11 is 0. The molecule has 2 aliphatic rings. The summed E-state index contributed by atoms with van der Waals surface area (Å²) in [4.78, 5) is 18.9. The van der Waals surface area contributed by atoms with E-state index in [1.165, 1.54) is 35.1 Å². The molecule has 0 saturated heterocycles. The predicted octanol–water partition coefficient (Wildman–Crippen LogP) is 5.49. The quantitative estimate of drug-likeness (QED) is 0.601. The van der Waals surface area contributed by atoms with Gasteiger partial charge < -0.3 is 9.64 Å². The number of benzene rings is 2. The number of aromatic nitrogens is 1. The minimum Gasteiger partial charge on any atom is -0.453 e. The van der Waals surface area contributed by atoms with Crippen LogP contribution in [-0.2, 0) is 15.6 Å². The topological polar surface area (TPSA) is 54.5 Å². The number of rotatable bonds is 3. The second kappa shape index (κ2) is 7.66. The van der Waals surface area contributed by atoms with Gasteiger partial charge in [0, 0.05) is 47.7 Å². The van der Waals surface area contributed by atoms with Gasteiger partial charge >= 0.3 is 6.09 Å². The first-order chi connectivity index (χ1) is 15.5. The zero-order valence-electron chi connectivity index (χ0n) is 18.9. The molecule has 2 aliphatic heterocycles. The van der Waals surface area contributed by atoms with Crippen molar-refractivity contribution >= 4 is 17.5 Å². The number of nitrogens with one attached hydrogen (secondary N) is 1. The van der Waals surface area contributed by atoms with Gasteiger partial charge in [0.15, 0.2) is 0 Å². The van der Waals surface area contributed by atoms with Gasteiger partial charge in [-0.2, -0.15) is 0 Å². The summed E-state index contributed by atoms with van der Waals surface area (Å²) in [6.45, 7) is 6.66. The molecule has 5 nitrogen and oxygen atoms in total. The van der Waals surface area contributed by atoms with E-state index in [9.17, 15) is 4.79 Å². The fourth-order valence-corrected chi connectivity index (χ4v) is 5.50. The molecule has 0 bridgehead atoms. The normalized spacial score (nSPS) is 23.9. The maximum Gasteiger partial charge on any atom is 0.411 e. The van der Waals surface area contributed by atoms with Crippen LogP contribution in [-0.4, -0.2) is 31.3 Å². The molecule has 5 rings (SSSR count). The third kappa shape index (κ3) is 3.15. The van der Waals surface area contributed by atoms with Gasteiger partial charge in [0.2, 0.25) is 0 Å². The molecule has 1 aromatic heterocycles. The number of carbonyl (C=O) groups excluding carboxylic acids is 1. The minimum absolute atomic E-state index is 0.147. The molecule has 0 aliphatic carbocycles. The Bertz CT molecular complexity index is 1070. The molecule has 0 saturated carbocycles. The summed E-state index contributed by atoms with van der Waals surface area (Å²) in [6, 6.07) is 19.2. The molecule has 5 heteroatoms. The molecule has 32 heavy (non-hydrogen) atoms. The van der Waals surface area contributed by atoms with E-state index in [4.69, 9.17) is 4.74 Å². The number of ether oxygens (including phenoxy) is 1. The van der Waals surface area contributed by atoms with Crippen LogP contribution in [0.1, 0.15) is 48.9 Å². The number of pyridine rings is 1. The zero-order chi connectivity index (χ0) is 22.3. The van der Waals surface area contributed by atoms with Crippen LogP contribution in [0.15, 0.2) is 67.0 Å². The highest BCUT2D eigenvalue weighted by atomic mass is 16.5. The average molecular weight is 428 g/mol. The van der Waals surface area contributed by atoms with E-state index in [2.05, 4.69) is 83.6 Å². The summed E-state index contributed by atoms with van der Waals surface area (Å²) in [5.74, 6) is 0. The first kappa shape index (κ1) is 20.6. The molecule has 3 aromatic rings. The van der Waals surface area contributed by atoms with Crippen molar-refractivity contribution in [1.82, 2.24) is 4.98 Å². The van der Waals surface area contributed by atoms with Gasteiger partial charge in [0.05, 0.1) is 7.11 Å². The summed E-state index contributed by atoms with van der Waals surface area (Å²) < 4.78 is 4.91. The molecular formula is C27H29N3O2. The molecule has 1 N–H and O–H groups in total. The van der Waals surface area contributed by atoms with E-state index in [-0.39, 0.29) is 10.8 Å². The van der Waals surface area contributed by atoms with Gasteiger partial charge in [-0.25, -0.2) is 4.79 Å². The van der Waals surface area contributed by atoms with Crippen molar-refractivity contribution in [2.45, 2.75) is 37.5 Å². The lowest BCUT2D eigenvalue weighted by atomic mass is 9.64. The molecule has 3 heterocycles. The zero-order valence-corrected chi connectivity index (χ0v) is 18.9. The average Bonchev–Trinajstić information content (AvgIpc) is 2.84. The molecular weight excluding hydrogens is 398 g/mol. The first-order valence-electron chi connectivity index (χ1n) is 11.2. The van der Waals surface area contributed by atoms with Crippen molar-refractivity contribution in [3.8, 4) is 0 Å². The number of hydrogen-bond acceptors (Lipinski definition) is 4. The van der Waals surface area contributed by atoms with Crippen molar-refractivity contribution in [2.75, 3.05) is 30.4 Å². The number of methoxy groups -OCH3 is 1. The van der Waals surface area contributed by atoms with E-state index in [0.29, 0.717) is 0 Å². The van der Waals surface area contributed by atoms with E-state index in [1.807, 2.05) is 12.4 Å². The van der Waals surface area contributed by atoms with Gasteiger partial charge in [0.1, 0.15) is 0 Å². The van der Waals surface area contributed by atoms with Crippen molar-refractivity contribution < 1.29 is 9.53 Å². The van der Waals surface area contributed by atoms with Crippen LogP contribution in [0.2, 0.25) is 0 Å². The summed E-state index contributed by atoms with van der Waals surface area (Å²) in [5.41, 5.74) is 6.82. The maximum absolute atomic E-state index is 12.1. The van der Waals surface area contributed by atoms with Crippen LogP contribution < -0.4 is 10.2 Å². The molecule has 0 spiro atoms. The minimum atomic E-state index is -0.451. The van der Waals surface area contributed by atoms with Crippen molar-refractivity contribution in [3.63, 3.8) is 0 Å². The molecule has 2 aromatic carbocycles. The molecule has 0 fully saturated rings. The third-order valence-electron chi connectivity index (χ3n) is 7.54. The monoisotopic (exact) mass is 427 g/mol. The van der Waals surface area contributed by atoms with Crippen LogP contribution >= 0.6 is 0 Å². The molecule has 2 atom stereocenters. The smallest absolute Gasteiger partial charge is 0.411 e. The Hall–Kier alpha value is -3.34. The van der Waals surface area contributed by atoms with Crippen molar-refractivity contribution in [1.29, 1.82) is 0 Å². The molecule has 164 valence electrons. The Morgan fingerprint density at radius 1 is 0.938 bits per heavy atom. The number of hydrogen-bond donors (Lipinski definition) is 1. The number of carbonyl (C=O) groups is 1. The van der Waals surface area contributed by atoms with Crippen LogP contribution in [0.3, 0.4) is 0 Å². The van der Waals surface area contributed by atoms with Gasteiger partial charge in [-0.1, -0.05) is 44.2 Å². The molecule has 2 unspecified atom stereocenters. The van der Waals surface area contributed by atoms with Gasteiger partial charge in [-0.15, -0.1) is 0 Å². The van der Waals surface area contributed by atoms with Crippen molar-refractivity contribution in [3.05, 3.63) is 89.2 Å². The Morgan fingerprint density at radius 3 is 2.06 bits per heavy atom. The van der Waals surface area contributed by atoms with Crippen LogP contribution in [0.25, 0.3) is 0 Å². The van der Waals surface area contributed by atoms with E-state index >= 15 is 0 Å². The second-order valence-corrected chi connectivity index (χ2v) is 9.29. The summed E-state index contributed by atoms with van der Waals surface area (Å²) in [7, 11) is 1.40. The van der Waals surface area contributed by atoms with Gasteiger partial charge in [0.25, 0.3) is 0 Å². The fraction of sp³-hybridized carbons (Fsp3) is 0.333. The lowest BCUT2D eigenvalue weighted by molar-refractivity contribution is 0.187. The largest absolute Gasteiger partial charge is 0.453 e. The predicted molar refractivity (Wildman–Crippen MR) is 128 cm³/mol. The first-order valence-corrected chi connectivity index (χ1v) is 11.2. The molecule has 1 amide bonds. The highest BCUT2D eigenvalue weighted by molar-refractivity contribution is 5.87. The SMILES string of the molecule is COC(=O)Nc1cc2c3c(c1)C(C)(c1ccncc1)CCN3CCC2(C)c1ccccc1. The summed E-state index contributed by atoms with van der Waals surface area (Å²) in [5, 5.41) is 2.94. The number of amides is 1. The number of nitrogens with zero attached hydrogens (tertiary/aromatic N) is 2. The van der Waals surface area contributed by atoms with Crippen molar-refractivity contribution in [2.24, 2.45) is 0 Å². The highest BCUT2D eigenvalue weighted by Gasteiger charge is 2.45. The van der Waals surface area contributed by atoms with Crippen LogP contribution in [0.5, 0.6) is 0 Å². The number of anilines is 2. The maximum atomic E-state index is 12.1. The van der Waals surface area contributed by atoms with Gasteiger partial charge in [-0.3, -0.25) is 10.3 Å².